The normalized spacial score (nSPS) is 10.7. The summed E-state index contributed by atoms with van der Waals surface area (Å²) in [5, 5.41) is 13.5. The van der Waals surface area contributed by atoms with E-state index in [1.807, 2.05) is 17.7 Å². The van der Waals surface area contributed by atoms with Gasteiger partial charge in [-0.15, -0.1) is 0 Å². The highest BCUT2D eigenvalue weighted by molar-refractivity contribution is 5.87. The van der Waals surface area contributed by atoms with Crippen LogP contribution in [-0.2, 0) is 13.0 Å². The summed E-state index contributed by atoms with van der Waals surface area (Å²) in [6.07, 6.45) is 0.965. The molecular formula is C15H18N2O2. The van der Waals surface area contributed by atoms with Crippen LogP contribution in [0.1, 0.15) is 39.8 Å². The fourth-order valence-corrected chi connectivity index (χ4v) is 2.38. The molecule has 1 aromatic carbocycles. The van der Waals surface area contributed by atoms with Crippen LogP contribution in [0.15, 0.2) is 24.3 Å². The van der Waals surface area contributed by atoms with Gasteiger partial charge in [0.05, 0.1) is 17.8 Å². The highest BCUT2D eigenvalue weighted by atomic mass is 16.4. The Hall–Kier alpha value is -2.10. The van der Waals surface area contributed by atoms with E-state index < -0.39 is 5.97 Å². The summed E-state index contributed by atoms with van der Waals surface area (Å²) >= 11 is 0. The number of benzene rings is 1. The van der Waals surface area contributed by atoms with Crippen molar-refractivity contribution in [3.05, 3.63) is 52.3 Å². The molecule has 19 heavy (non-hydrogen) atoms. The van der Waals surface area contributed by atoms with Crippen LogP contribution in [0.2, 0.25) is 0 Å². The summed E-state index contributed by atoms with van der Waals surface area (Å²) in [6.45, 7) is 6.79. The van der Waals surface area contributed by atoms with Crippen molar-refractivity contribution in [2.75, 3.05) is 0 Å². The largest absolute Gasteiger partial charge is 0.478 e. The molecule has 0 aliphatic carbocycles. The molecule has 0 bridgehead atoms. The van der Waals surface area contributed by atoms with Gasteiger partial charge >= 0.3 is 5.97 Å². The lowest BCUT2D eigenvalue weighted by Crippen LogP contribution is -2.05. The summed E-state index contributed by atoms with van der Waals surface area (Å²) < 4.78 is 1.94. The molecule has 100 valence electrons. The van der Waals surface area contributed by atoms with Gasteiger partial charge in [-0.3, -0.25) is 4.68 Å². The first-order chi connectivity index (χ1) is 9.02. The number of aromatic carboxylic acids is 1. The number of hydrogen-bond donors (Lipinski definition) is 1. The Kier molecular flexibility index (Phi) is 3.69. The Balaban J connectivity index is 2.31. The number of carboxylic acids is 1. The molecule has 1 heterocycles. The van der Waals surface area contributed by atoms with E-state index in [0.29, 0.717) is 12.1 Å². The summed E-state index contributed by atoms with van der Waals surface area (Å²) in [5.74, 6) is -0.899. The van der Waals surface area contributed by atoms with Gasteiger partial charge in [0.1, 0.15) is 0 Å². The van der Waals surface area contributed by atoms with E-state index >= 15 is 0 Å². The van der Waals surface area contributed by atoms with Gasteiger partial charge in [0.2, 0.25) is 0 Å². The number of aryl methyl sites for hydroxylation is 1. The summed E-state index contributed by atoms with van der Waals surface area (Å²) in [7, 11) is 0. The Morgan fingerprint density at radius 1 is 1.37 bits per heavy atom. The minimum atomic E-state index is -0.899. The Morgan fingerprint density at radius 3 is 2.68 bits per heavy atom. The van der Waals surface area contributed by atoms with E-state index in [1.165, 1.54) is 5.56 Å². The van der Waals surface area contributed by atoms with E-state index in [-0.39, 0.29) is 0 Å². The van der Waals surface area contributed by atoms with Crippen LogP contribution >= 0.6 is 0 Å². The number of aromatic nitrogens is 2. The van der Waals surface area contributed by atoms with Crippen molar-refractivity contribution in [3.63, 3.8) is 0 Å². The quantitative estimate of drug-likeness (QED) is 0.917. The molecule has 0 fully saturated rings. The van der Waals surface area contributed by atoms with Gasteiger partial charge in [-0.05, 0) is 43.5 Å². The molecule has 1 N–H and O–H groups in total. The SMILES string of the molecule is CCc1c(C)nn(Cc2cccc(C(=O)O)c2)c1C. The highest BCUT2D eigenvalue weighted by Gasteiger charge is 2.10. The van der Waals surface area contributed by atoms with Crippen LogP contribution in [-0.4, -0.2) is 20.9 Å². The second-order valence-corrected chi connectivity index (χ2v) is 4.67. The molecule has 0 saturated carbocycles. The lowest BCUT2D eigenvalue weighted by Gasteiger charge is -2.06. The Morgan fingerprint density at radius 2 is 2.11 bits per heavy atom. The number of rotatable bonds is 4. The maximum Gasteiger partial charge on any atom is 0.335 e. The van der Waals surface area contributed by atoms with Crippen LogP contribution < -0.4 is 0 Å². The van der Waals surface area contributed by atoms with E-state index in [4.69, 9.17) is 5.11 Å². The van der Waals surface area contributed by atoms with Gasteiger partial charge in [-0.2, -0.15) is 5.10 Å². The first-order valence-electron chi connectivity index (χ1n) is 6.38. The molecule has 0 aliphatic heterocycles. The fraction of sp³-hybridized carbons (Fsp3) is 0.333. The maximum atomic E-state index is 11.0. The molecule has 0 aliphatic rings. The predicted molar refractivity (Wildman–Crippen MR) is 73.6 cm³/mol. The molecule has 4 heteroatoms. The molecule has 4 nitrogen and oxygen atoms in total. The van der Waals surface area contributed by atoms with Crippen molar-refractivity contribution in [2.24, 2.45) is 0 Å². The summed E-state index contributed by atoms with van der Waals surface area (Å²) in [4.78, 5) is 11.0. The maximum absolute atomic E-state index is 11.0. The lowest BCUT2D eigenvalue weighted by atomic mass is 10.1. The molecule has 0 spiro atoms. The van der Waals surface area contributed by atoms with Crippen LogP contribution in [0.3, 0.4) is 0 Å². The molecule has 1 aromatic heterocycles. The van der Waals surface area contributed by atoms with Gasteiger partial charge < -0.3 is 5.11 Å². The minimum Gasteiger partial charge on any atom is -0.478 e. The van der Waals surface area contributed by atoms with Gasteiger partial charge in [0.25, 0.3) is 0 Å². The van der Waals surface area contributed by atoms with Crippen molar-refractivity contribution in [1.82, 2.24) is 9.78 Å². The van der Waals surface area contributed by atoms with Crippen LogP contribution in [0.4, 0.5) is 0 Å². The van der Waals surface area contributed by atoms with Gasteiger partial charge in [0.15, 0.2) is 0 Å². The third kappa shape index (κ3) is 2.67. The molecule has 2 rings (SSSR count). The molecular weight excluding hydrogens is 240 g/mol. The lowest BCUT2D eigenvalue weighted by molar-refractivity contribution is 0.0696. The predicted octanol–water partition coefficient (Wildman–Crippen LogP) is 2.81. The average molecular weight is 258 g/mol. The van der Waals surface area contributed by atoms with E-state index in [1.54, 1.807) is 18.2 Å². The van der Waals surface area contributed by atoms with E-state index in [2.05, 4.69) is 18.9 Å². The first-order valence-corrected chi connectivity index (χ1v) is 6.38. The fourth-order valence-electron chi connectivity index (χ4n) is 2.38. The number of hydrogen-bond acceptors (Lipinski definition) is 2. The van der Waals surface area contributed by atoms with Crippen molar-refractivity contribution in [1.29, 1.82) is 0 Å². The highest BCUT2D eigenvalue weighted by Crippen LogP contribution is 2.15. The van der Waals surface area contributed by atoms with Gasteiger partial charge in [-0.1, -0.05) is 19.1 Å². The van der Waals surface area contributed by atoms with E-state index in [0.717, 1.165) is 23.4 Å². The molecule has 0 atom stereocenters. The van der Waals surface area contributed by atoms with Gasteiger partial charge in [0, 0.05) is 5.69 Å². The number of carboxylic acid groups (broad SMARTS) is 1. The Bertz CT molecular complexity index is 615. The van der Waals surface area contributed by atoms with Crippen molar-refractivity contribution in [2.45, 2.75) is 33.7 Å². The van der Waals surface area contributed by atoms with Crippen LogP contribution in [0.5, 0.6) is 0 Å². The molecule has 0 unspecified atom stereocenters. The average Bonchev–Trinajstić information content (AvgIpc) is 2.64. The Labute approximate surface area is 112 Å². The zero-order valence-corrected chi connectivity index (χ0v) is 11.5. The number of nitrogens with zero attached hydrogens (tertiary/aromatic N) is 2. The number of carbonyl (C=O) groups is 1. The second kappa shape index (κ2) is 5.26. The van der Waals surface area contributed by atoms with Crippen molar-refractivity contribution >= 4 is 5.97 Å². The molecule has 2 aromatic rings. The van der Waals surface area contributed by atoms with Crippen molar-refractivity contribution in [3.8, 4) is 0 Å². The van der Waals surface area contributed by atoms with E-state index in [9.17, 15) is 4.79 Å². The summed E-state index contributed by atoms with van der Waals surface area (Å²) in [5.41, 5.74) is 4.74. The van der Waals surface area contributed by atoms with Crippen LogP contribution in [0.25, 0.3) is 0 Å². The topological polar surface area (TPSA) is 55.1 Å². The monoisotopic (exact) mass is 258 g/mol. The smallest absolute Gasteiger partial charge is 0.335 e. The second-order valence-electron chi connectivity index (χ2n) is 4.67. The standard InChI is InChI=1S/C15H18N2O2/c1-4-14-10(2)16-17(11(14)3)9-12-6-5-7-13(8-12)15(18)19/h5-8H,4,9H2,1-3H3,(H,18,19). The first kappa shape index (κ1) is 13.3. The van der Waals surface area contributed by atoms with Crippen LogP contribution in [0, 0.1) is 13.8 Å². The molecule has 0 saturated heterocycles. The van der Waals surface area contributed by atoms with Gasteiger partial charge in [-0.25, -0.2) is 4.79 Å². The van der Waals surface area contributed by atoms with Crippen molar-refractivity contribution < 1.29 is 9.90 Å². The zero-order valence-electron chi connectivity index (χ0n) is 11.5. The molecule has 0 radical (unpaired) electrons. The molecule has 0 amide bonds. The zero-order chi connectivity index (χ0) is 14.0. The third-order valence-corrected chi connectivity index (χ3v) is 3.39. The third-order valence-electron chi connectivity index (χ3n) is 3.39. The summed E-state index contributed by atoms with van der Waals surface area (Å²) in [6, 6.07) is 6.99. The minimum absolute atomic E-state index is 0.315.